The van der Waals surface area contributed by atoms with Crippen LogP contribution in [0.2, 0.25) is 0 Å². The molecular formula is C16H21IN2O6. The molecule has 1 aromatic rings. The minimum atomic E-state index is -1.24. The second-order valence-electron chi connectivity index (χ2n) is 6.02. The van der Waals surface area contributed by atoms with E-state index in [4.69, 9.17) is 5.11 Å². The third-order valence-electron chi connectivity index (χ3n) is 3.37. The van der Waals surface area contributed by atoms with Crippen molar-refractivity contribution < 1.29 is 29.7 Å². The van der Waals surface area contributed by atoms with E-state index >= 15 is 0 Å². The molecule has 0 heterocycles. The van der Waals surface area contributed by atoms with Gasteiger partial charge in [-0.25, -0.2) is 14.4 Å². The summed E-state index contributed by atoms with van der Waals surface area (Å²) in [6.07, 6.45) is 0.234. The number of aromatic hydroxyl groups is 1. The maximum Gasteiger partial charge on any atom is 0.326 e. The van der Waals surface area contributed by atoms with Gasteiger partial charge in [0.05, 0.1) is 3.57 Å². The average molecular weight is 464 g/mol. The molecule has 0 saturated carbocycles. The summed E-state index contributed by atoms with van der Waals surface area (Å²) < 4.78 is 0.562. The monoisotopic (exact) mass is 464 g/mol. The first-order valence-electron chi connectivity index (χ1n) is 7.60. The second kappa shape index (κ2) is 9.44. The number of halogens is 1. The quantitative estimate of drug-likeness (QED) is 0.373. The number of rotatable bonds is 8. The molecule has 0 unspecified atom stereocenters. The highest BCUT2D eigenvalue weighted by Gasteiger charge is 2.25. The number of hydrogen-bond donors (Lipinski definition) is 5. The van der Waals surface area contributed by atoms with Gasteiger partial charge in [0, 0.05) is 6.42 Å². The summed E-state index contributed by atoms with van der Waals surface area (Å²) in [6, 6.07) is 1.45. The Morgan fingerprint density at radius 3 is 2.12 bits per heavy atom. The van der Waals surface area contributed by atoms with Gasteiger partial charge in [-0.05, 0) is 52.6 Å². The molecular weight excluding hydrogens is 443 g/mol. The topological polar surface area (TPSA) is 136 Å². The molecule has 0 aliphatic carbocycles. The maximum atomic E-state index is 12.0. The Kier molecular flexibility index (Phi) is 7.94. The van der Waals surface area contributed by atoms with Gasteiger partial charge >= 0.3 is 18.0 Å². The van der Waals surface area contributed by atoms with Crippen molar-refractivity contribution in [3.63, 3.8) is 0 Å². The molecule has 0 fully saturated rings. The van der Waals surface area contributed by atoms with E-state index in [-0.39, 0.29) is 24.5 Å². The summed E-state index contributed by atoms with van der Waals surface area (Å²) in [6.45, 7) is 3.64. The highest BCUT2D eigenvalue weighted by molar-refractivity contribution is 14.1. The van der Waals surface area contributed by atoms with Crippen molar-refractivity contribution in [3.8, 4) is 5.75 Å². The number of benzene rings is 1. The number of phenolic OH excluding ortho intramolecular Hbond substituents is 1. The van der Waals surface area contributed by atoms with Crippen molar-refractivity contribution in [2.45, 2.75) is 38.8 Å². The molecule has 5 N–H and O–H groups in total. The van der Waals surface area contributed by atoms with Crippen molar-refractivity contribution >= 4 is 40.6 Å². The molecule has 2 amide bonds. The normalized spacial score (nSPS) is 13.1. The highest BCUT2D eigenvalue weighted by Crippen LogP contribution is 2.21. The second-order valence-corrected chi connectivity index (χ2v) is 7.18. The molecule has 0 aliphatic heterocycles. The summed E-state index contributed by atoms with van der Waals surface area (Å²) in [7, 11) is 0. The number of carboxylic acids is 2. The summed E-state index contributed by atoms with van der Waals surface area (Å²) in [5, 5.41) is 32.5. The number of urea groups is 1. The predicted octanol–water partition coefficient (Wildman–Crippen LogP) is 1.79. The standard InChI is InChI=1S/C16H21IN2O6/c1-8(2)5-11(14(21)22)18-16(25)19-12(15(23)24)7-9-3-4-13(20)10(17)6-9/h3-4,6,8,11-12,20H,5,7H2,1-2H3,(H,21,22)(H,23,24)(H2,18,19,25)/t11-,12-/m0/s1. The van der Waals surface area contributed by atoms with Crippen molar-refractivity contribution in [3.05, 3.63) is 27.3 Å². The lowest BCUT2D eigenvalue weighted by Gasteiger charge is -2.20. The molecule has 2 atom stereocenters. The fourth-order valence-corrected chi connectivity index (χ4v) is 2.74. The van der Waals surface area contributed by atoms with Gasteiger partial charge in [0.15, 0.2) is 0 Å². The lowest BCUT2D eigenvalue weighted by Crippen LogP contribution is -2.52. The fourth-order valence-electron chi connectivity index (χ4n) is 2.16. The van der Waals surface area contributed by atoms with Gasteiger partial charge in [-0.3, -0.25) is 0 Å². The number of hydrogen-bond acceptors (Lipinski definition) is 4. The Balaban J connectivity index is 2.76. The predicted molar refractivity (Wildman–Crippen MR) is 98.5 cm³/mol. The van der Waals surface area contributed by atoms with E-state index in [0.29, 0.717) is 9.13 Å². The molecule has 9 heteroatoms. The van der Waals surface area contributed by atoms with E-state index in [2.05, 4.69) is 10.6 Å². The molecule has 1 aromatic carbocycles. The van der Waals surface area contributed by atoms with Crippen LogP contribution in [-0.2, 0) is 16.0 Å². The van der Waals surface area contributed by atoms with Gasteiger partial charge in [-0.2, -0.15) is 0 Å². The van der Waals surface area contributed by atoms with E-state index in [1.165, 1.54) is 6.07 Å². The lowest BCUT2D eigenvalue weighted by atomic mass is 10.0. The zero-order chi connectivity index (χ0) is 19.1. The van der Waals surface area contributed by atoms with Crippen LogP contribution >= 0.6 is 22.6 Å². The van der Waals surface area contributed by atoms with Gasteiger partial charge in [-0.1, -0.05) is 19.9 Å². The number of nitrogens with one attached hydrogen (secondary N) is 2. The van der Waals surface area contributed by atoms with E-state index in [1.807, 2.05) is 36.4 Å². The van der Waals surface area contributed by atoms with Crippen LogP contribution < -0.4 is 10.6 Å². The molecule has 0 aliphatic rings. The molecule has 0 spiro atoms. The van der Waals surface area contributed by atoms with Crippen LogP contribution in [0.15, 0.2) is 18.2 Å². The zero-order valence-electron chi connectivity index (χ0n) is 13.8. The molecule has 25 heavy (non-hydrogen) atoms. The minimum Gasteiger partial charge on any atom is -0.507 e. The van der Waals surface area contributed by atoms with Gasteiger partial charge in [0.1, 0.15) is 17.8 Å². The molecule has 0 aromatic heterocycles. The van der Waals surface area contributed by atoms with Gasteiger partial charge in [0.25, 0.3) is 0 Å². The van der Waals surface area contributed by atoms with E-state index in [9.17, 15) is 24.6 Å². The van der Waals surface area contributed by atoms with E-state index < -0.39 is 30.1 Å². The molecule has 138 valence electrons. The molecule has 1 rings (SSSR count). The van der Waals surface area contributed by atoms with Crippen molar-refractivity contribution in [1.82, 2.24) is 10.6 Å². The van der Waals surface area contributed by atoms with Crippen LogP contribution in [0.25, 0.3) is 0 Å². The van der Waals surface area contributed by atoms with Gasteiger partial charge < -0.3 is 26.0 Å². The first kappa shape index (κ1) is 21.0. The average Bonchev–Trinajstić information content (AvgIpc) is 2.48. The lowest BCUT2D eigenvalue weighted by molar-refractivity contribution is -0.139. The number of carboxylic acid groups (broad SMARTS) is 2. The van der Waals surface area contributed by atoms with Crippen LogP contribution in [0.3, 0.4) is 0 Å². The van der Waals surface area contributed by atoms with Crippen LogP contribution in [0, 0.1) is 9.49 Å². The highest BCUT2D eigenvalue weighted by atomic mass is 127. The Labute approximate surface area is 158 Å². The van der Waals surface area contributed by atoms with Gasteiger partial charge in [-0.15, -0.1) is 0 Å². The van der Waals surface area contributed by atoms with E-state index in [0.717, 1.165) is 0 Å². The summed E-state index contributed by atoms with van der Waals surface area (Å²) >= 11 is 1.91. The Morgan fingerprint density at radius 2 is 1.64 bits per heavy atom. The van der Waals surface area contributed by atoms with Crippen LogP contribution in [-0.4, -0.2) is 45.4 Å². The number of carbonyl (C=O) groups excluding carboxylic acids is 1. The molecule has 0 saturated heterocycles. The first-order chi connectivity index (χ1) is 11.6. The molecule has 0 bridgehead atoms. The van der Waals surface area contributed by atoms with Crippen molar-refractivity contribution in [2.75, 3.05) is 0 Å². The molecule has 8 nitrogen and oxygen atoms in total. The van der Waals surface area contributed by atoms with Crippen LogP contribution in [0.1, 0.15) is 25.8 Å². The zero-order valence-corrected chi connectivity index (χ0v) is 16.0. The Hall–Kier alpha value is -2.04. The Bertz CT molecular complexity index is 650. The number of carbonyl (C=O) groups is 3. The third-order valence-corrected chi connectivity index (χ3v) is 4.23. The van der Waals surface area contributed by atoms with Crippen molar-refractivity contribution in [2.24, 2.45) is 5.92 Å². The van der Waals surface area contributed by atoms with Crippen molar-refractivity contribution in [1.29, 1.82) is 0 Å². The maximum absolute atomic E-state index is 12.0. The smallest absolute Gasteiger partial charge is 0.326 e. The van der Waals surface area contributed by atoms with Crippen LogP contribution in [0.4, 0.5) is 4.79 Å². The van der Waals surface area contributed by atoms with Crippen LogP contribution in [0.5, 0.6) is 5.75 Å². The van der Waals surface area contributed by atoms with Gasteiger partial charge in [0.2, 0.25) is 0 Å². The number of aliphatic carboxylic acids is 2. The molecule has 0 radical (unpaired) electrons. The number of phenols is 1. The fraction of sp³-hybridized carbons (Fsp3) is 0.438. The number of amides is 2. The largest absolute Gasteiger partial charge is 0.507 e. The summed E-state index contributed by atoms with van der Waals surface area (Å²) in [4.78, 5) is 34.5. The minimum absolute atomic E-state index is 0.000946. The summed E-state index contributed by atoms with van der Waals surface area (Å²) in [5.74, 6) is -2.28. The Morgan fingerprint density at radius 1 is 1.08 bits per heavy atom. The SMILES string of the molecule is CC(C)C[C@H](NC(=O)N[C@@H](Cc1ccc(O)c(I)c1)C(=O)O)C(=O)O. The summed E-state index contributed by atoms with van der Waals surface area (Å²) in [5.41, 5.74) is 0.617. The van der Waals surface area contributed by atoms with E-state index in [1.54, 1.807) is 12.1 Å². The third kappa shape index (κ3) is 7.16. The first-order valence-corrected chi connectivity index (χ1v) is 8.68.